The summed E-state index contributed by atoms with van der Waals surface area (Å²) >= 11 is 0. The van der Waals surface area contributed by atoms with E-state index in [1.54, 1.807) is 36.4 Å². The van der Waals surface area contributed by atoms with Crippen molar-refractivity contribution in [3.05, 3.63) is 66.4 Å². The van der Waals surface area contributed by atoms with Gasteiger partial charge < -0.3 is 9.72 Å². The summed E-state index contributed by atoms with van der Waals surface area (Å²) in [6.45, 7) is 0.0753. The van der Waals surface area contributed by atoms with Crippen LogP contribution in [0.2, 0.25) is 0 Å². The van der Waals surface area contributed by atoms with Gasteiger partial charge >= 0.3 is 0 Å². The third-order valence-electron chi connectivity index (χ3n) is 4.69. The van der Waals surface area contributed by atoms with Gasteiger partial charge in [0.2, 0.25) is 0 Å². The van der Waals surface area contributed by atoms with E-state index in [0.717, 1.165) is 15.2 Å². The van der Waals surface area contributed by atoms with Crippen molar-refractivity contribution in [2.45, 2.75) is 5.25 Å². The van der Waals surface area contributed by atoms with Crippen LogP contribution in [0, 0.1) is 0 Å². The standard InChI is InChI=1S/C20H19N3O4S/c1-27-12-11-23-20(24)18(19(28(23,25)26)14-5-3-2-4-6-14)22-16-7-8-17-15(13-16)9-10-21-17/h2-10,13,19,21H,11-12H2,1H3. The van der Waals surface area contributed by atoms with E-state index in [-0.39, 0.29) is 18.9 Å². The molecular formula is C20H19N3O4S. The molecule has 4 rings (SSSR count). The molecule has 2 heterocycles. The number of hydrogen-bond donors (Lipinski definition) is 1. The van der Waals surface area contributed by atoms with Gasteiger partial charge in [-0.2, -0.15) is 0 Å². The number of aromatic nitrogens is 1. The minimum absolute atomic E-state index is 0.00260. The molecule has 2 aromatic carbocycles. The number of aliphatic imine (C=N–C) groups is 1. The molecule has 1 aliphatic rings. The minimum atomic E-state index is -3.94. The molecule has 1 amide bonds. The fourth-order valence-corrected chi connectivity index (χ4v) is 5.19. The second-order valence-corrected chi connectivity index (χ2v) is 8.39. The average Bonchev–Trinajstić information content (AvgIpc) is 3.22. The van der Waals surface area contributed by atoms with Crippen molar-refractivity contribution in [1.29, 1.82) is 0 Å². The summed E-state index contributed by atoms with van der Waals surface area (Å²) in [4.78, 5) is 20.5. The molecule has 0 radical (unpaired) electrons. The lowest BCUT2D eigenvalue weighted by molar-refractivity contribution is -0.119. The molecule has 28 heavy (non-hydrogen) atoms. The van der Waals surface area contributed by atoms with Gasteiger partial charge in [0.15, 0.2) is 5.25 Å². The molecular weight excluding hydrogens is 378 g/mol. The number of H-pyrrole nitrogens is 1. The third kappa shape index (κ3) is 3.10. The van der Waals surface area contributed by atoms with Gasteiger partial charge in [-0.05, 0) is 29.8 Å². The van der Waals surface area contributed by atoms with E-state index in [1.165, 1.54) is 7.11 Å². The van der Waals surface area contributed by atoms with E-state index in [9.17, 15) is 13.2 Å². The van der Waals surface area contributed by atoms with E-state index >= 15 is 0 Å². The van der Waals surface area contributed by atoms with Crippen LogP contribution in [0.5, 0.6) is 0 Å². The first-order valence-corrected chi connectivity index (χ1v) is 10.3. The van der Waals surface area contributed by atoms with Gasteiger partial charge in [0.05, 0.1) is 18.8 Å². The third-order valence-corrected chi connectivity index (χ3v) is 6.74. The summed E-state index contributed by atoms with van der Waals surface area (Å²) in [6, 6.07) is 16.0. The Bertz CT molecular complexity index is 1150. The van der Waals surface area contributed by atoms with Crippen LogP contribution in [0.4, 0.5) is 5.69 Å². The highest BCUT2D eigenvalue weighted by atomic mass is 32.2. The van der Waals surface area contributed by atoms with E-state index in [1.807, 2.05) is 24.4 Å². The van der Waals surface area contributed by atoms with Gasteiger partial charge in [-0.3, -0.25) is 4.79 Å². The number of fused-ring (bicyclic) bond motifs is 1. The van der Waals surface area contributed by atoms with E-state index < -0.39 is 21.2 Å². The Morgan fingerprint density at radius 2 is 1.93 bits per heavy atom. The monoisotopic (exact) mass is 397 g/mol. The van der Waals surface area contributed by atoms with Gasteiger partial charge in [0, 0.05) is 24.2 Å². The maximum absolute atomic E-state index is 13.1. The fourth-order valence-electron chi connectivity index (χ4n) is 3.34. The first-order valence-electron chi connectivity index (χ1n) is 8.78. The Balaban J connectivity index is 1.85. The second kappa shape index (κ2) is 7.21. The van der Waals surface area contributed by atoms with Crippen molar-refractivity contribution < 1.29 is 17.9 Å². The number of hydrogen-bond acceptors (Lipinski definition) is 5. The number of methoxy groups -OCH3 is 1. The zero-order valence-corrected chi connectivity index (χ0v) is 16.0. The molecule has 3 aromatic rings. The smallest absolute Gasteiger partial charge is 0.283 e. The van der Waals surface area contributed by atoms with Gasteiger partial charge in [0.25, 0.3) is 15.9 Å². The molecule has 0 saturated carbocycles. The Labute approximate surface area is 162 Å². The number of ether oxygens (including phenoxy) is 1. The number of nitrogens with one attached hydrogen (secondary N) is 1. The normalized spacial score (nSPS) is 20.3. The van der Waals surface area contributed by atoms with Crippen molar-refractivity contribution in [3.8, 4) is 0 Å². The van der Waals surface area contributed by atoms with Crippen LogP contribution in [0.25, 0.3) is 10.9 Å². The highest BCUT2D eigenvalue weighted by Gasteiger charge is 2.50. The molecule has 1 fully saturated rings. The van der Waals surface area contributed by atoms with Crippen molar-refractivity contribution in [3.63, 3.8) is 0 Å². The molecule has 8 heteroatoms. The maximum Gasteiger partial charge on any atom is 0.283 e. The average molecular weight is 397 g/mol. The van der Waals surface area contributed by atoms with Crippen LogP contribution < -0.4 is 0 Å². The Hall–Kier alpha value is -2.97. The summed E-state index contributed by atoms with van der Waals surface area (Å²) in [5, 5.41) is -0.206. The number of carbonyl (C=O) groups excluding carboxylic acids is 1. The zero-order chi connectivity index (χ0) is 19.7. The Kier molecular flexibility index (Phi) is 4.74. The van der Waals surface area contributed by atoms with Crippen LogP contribution in [-0.4, -0.2) is 49.6 Å². The fraction of sp³-hybridized carbons (Fsp3) is 0.200. The lowest BCUT2D eigenvalue weighted by Crippen LogP contribution is -2.33. The van der Waals surface area contributed by atoms with Gasteiger partial charge in [0.1, 0.15) is 5.71 Å². The molecule has 1 N–H and O–H groups in total. The van der Waals surface area contributed by atoms with E-state index in [4.69, 9.17) is 4.74 Å². The molecule has 1 unspecified atom stereocenters. The molecule has 1 aromatic heterocycles. The van der Waals surface area contributed by atoms with Crippen molar-refractivity contribution in [2.24, 2.45) is 4.99 Å². The van der Waals surface area contributed by atoms with Gasteiger partial charge in [-0.1, -0.05) is 30.3 Å². The minimum Gasteiger partial charge on any atom is -0.383 e. The molecule has 1 atom stereocenters. The summed E-state index contributed by atoms with van der Waals surface area (Å²) < 4.78 is 32.1. The molecule has 144 valence electrons. The number of aromatic amines is 1. The summed E-state index contributed by atoms with van der Waals surface area (Å²) in [5.74, 6) is -0.611. The highest BCUT2D eigenvalue weighted by Crippen LogP contribution is 2.36. The largest absolute Gasteiger partial charge is 0.383 e. The molecule has 7 nitrogen and oxygen atoms in total. The number of nitrogens with zero attached hydrogens (tertiary/aromatic N) is 2. The Morgan fingerprint density at radius 3 is 2.68 bits per heavy atom. The summed E-state index contributed by atoms with van der Waals surface area (Å²) in [7, 11) is -2.48. The SMILES string of the molecule is COCCN1C(=O)C(=Nc2ccc3[nH]ccc3c2)C(c2ccccc2)S1(=O)=O. The second-order valence-electron chi connectivity index (χ2n) is 6.45. The number of rotatable bonds is 5. The van der Waals surface area contributed by atoms with Crippen molar-refractivity contribution in [1.82, 2.24) is 9.29 Å². The van der Waals surface area contributed by atoms with Gasteiger partial charge in [-0.15, -0.1) is 0 Å². The predicted molar refractivity (Wildman–Crippen MR) is 107 cm³/mol. The molecule has 1 aliphatic heterocycles. The first-order chi connectivity index (χ1) is 13.5. The number of benzene rings is 2. The van der Waals surface area contributed by atoms with Crippen LogP contribution in [0.15, 0.2) is 65.8 Å². The van der Waals surface area contributed by atoms with E-state index in [2.05, 4.69) is 9.98 Å². The molecule has 0 aliphatic carbocycles. The summed E-state index contributed by atoms with van der Waals surface area (Å²) in [6.07, 6.45) is 1.81. The number of carbonyl (C=O) groups is 1. The van der Waals surface area contributed by atoms with Gasteiger partial charge in [-0.25, -0.2) is 17.7 Å². The highest BCUT2D eigenvalue weighted by molar-refractivity contribution is 7.91. The molecule has 1 saturated heterocycles. The maximum atomic E-state index is 13.1. The molecule has 0 bridgehead atoms. The summed E-state index contributed by atoms with van der Waals surface area (Å²) in [5.41, 5.74) is 1.98. The predicted octanol–water partition coefficient (Wildman–Crippen LogP) is 2.80. The first kappa shape index (κ1) is 18.4. The van der Waals surface area contributed by atoms with Crippen LogP contribution in [-0.2, 0) is 19.6 Å². The quantitative estimate of drug-likeness (QED) is 0.717. The van der Waals surface area contributed by atoms with Crippen molar-refractivity contribution >= 4 is 38.2 Å². The topological polar surface area (TPSA) is 91.8 Å². The van der Waals surface area contributed by atoms with Crippen molar-refractivity contribution in [2.75, 3.05) is 20.3 Å². The lowest BCUT2D eigenvalue weighted by Gasteiger charge is -2.15. The Morgan fingerprint density at radius 1 is 1.14 bits per heavy atom. The van der Waals surface area contributed by atoms with Crippen LogP contribution in [0.3, 0.4) is 0 Å². The van der Waals surface area contributed by atoms with Crippen LogP contribution in [0.1, 0.15) is 10.8 Å². The number of sulfonamides is 1. The molecule has 0 spiro atoms. The number of amides is 1. The zero-order valence-electron chi connectivity index (χ0n) is 15.2. The van der Waals surface area contributed by atoms with Crippen LogP contribution >= 0.6 is 0 Å². The lowest BCUT2D eigenvalue weighted by atomic mass is 10.1. The van der Waals surface area contributed by atoms with E-state index in [0.29, 0.717) is 11.3 Å².